The van der Waals surface area contributed by atoms with Gasteiger partial charge >= 0.3 is 0 Å². The van der Waals surface area contributed by atoms with Crippen LogP contribution < -0.4 is 15.1 Å². The van der Waals surface area contributed by atoms with Crippen molar-refractivity contribution in [1.29, 1.82) is 0 Å². The van der Waals surface area contributed by atoms with Crippen molar-refractivity contribution in [1.82, 2.24) is 13.9 Å². The Hall–Kier alpha value is -3.32. The smallest absolute Gasteiger partial charge is 0.297 e. The fraction of sp³-hybridized carbons (Fsp3) is 0.308. The number of methoxy groups -OCH3 is 1. The molecule has 0 fully saturated rings. The number of rotatable bonds is 4. The first-order valence-corrected chi connectivity index (χ1v) is 11.7. The van der Waals surface area contributed by atoms with Crippen LogP contribution in [0.4, 0.5) is 5.69 Å². The van der Waals surface area contributed by atoms with Crippen molar-refractivity contribution < 1.29 is 4.74 Å². The second-order valence-electron chi connectivity index (χ2n) is 9.05. The molecular formula is C26H30N4O2S. The summed E-state index contributed by atoms with van der Waals surface area (Å²) in [5.74, 6) is 0.820. The molecule has 2 aromatic carbocycles. The Labute approximate surface area is 198 Å². The monoisotopic (exact) mass is 462 g/mol. The molecule has 0 atom stereocenters. The van der Waals surface area contributed by atoms with E-state index in [0.717, 1.165) is 38.1 Å². The SMILES string of the molecule is COc1ccc(-c2c(C)sc(=Nc3c(C)n(C)n(-c4ccccc4)c3=O)n2C(C)(C)C)cc1. The van der Waals surface area contributed by atoms with E-state index in [9.17, 15) is 4.79 Å². The summed E-state index contributed by atoms with van der Waals surface area (Å²) in [5.41, 5.74) is 3.93. The zero-order chi connectivity index (χ0) is 23.9. The summed E-state index contributed by atoms with van der Waals surface area (Å²) in [4.78, 5) is 20.3. The van der Waals surface area contributed by atoms with Gasteiger partial charge in [0.15, 0.2) is 10.5 Å². The van der Waals surface area contributed by atoms with Gasteiger partial charge in [0.2, 0.25) is 0 Å². The van der Waals surface area contributed by atoms with E-state index in [1.54, 1.807) is 23.1 Å². The van der Waals surface area contributed by atoms with Crippen molar-refractivity contribution in [3.63, 3.8) is 0 Å². The number of thiazole rings is 1. The van der Waals surface area contributed by atoms with Gasteiger partial charge in [-0.3, -0.25) is 9.48 Å². The highest BCUT2D eigenvalue weighted by Gasteiger charge is 2.24. The van der Waals surface area contributed by atoms with Gasteiger partial charge in [0.05, 0.1) is 24.2 Å². The molecule has 0 saturated heterocycles. The number of hydrogen-bond acceptors (Lipinski definition) is 4. The Kier molecular flexibility index (Phi) is 5.93. The lowest BCUT2D eigenvalue weighted by atomic mass is 10.0. The fourth-order valence-electron chi connectivity index (χ4n) is 4.04. The summed E-state index contributed by atoms with van der Waals surface area (Å²) in [6.07, 6.45) is 0. The Morgan fingerprint density at radius 3 is 2.18 bits per heavy atom. The van der Waals surface area contributed by atoms with Gasteiger partial charge in [-0.25, -0.2) is 9.67 Å². The van der Waals surface area contributed by atoms with Gasteiger partial charge in [-0.1, -0.05) is 18.2 Å². The molecule has 33 heavy (non-hydrogen) atoms. The summed E-state index contributed by atoms with van der Waals surface area (Å²) < 4.78 is 11.1. The van der Waals surface area contributed by atoms with Crippen LogP contribution in [0.15, 0.2) is 64.4 Å². The average Bonchev–Trinajstić information content (AvgIpc) is 3.23. The van der Waals surface area contributed by atoms with E-state index < -0.39 is 0 Å². The minimum Gasteiger partial charge on any atom is -0.497 e. The molecule has 172 valence electrons. The molecule has 0 bridgehead atoms. The van der Waals surface area contributed by atoms with Crippen LogP contribution in [0.1, 0.15) is 31.3 Å². The number of hydrogen-bond donors (Lipinski definition) is 0. The van der Waals surface area contributed by atoms with Gasteiger partial charge < -0.3 is 9.30 Å². The number of aryl methyl sites for hydroxylation is 1. The maximum absolute atomic E-state index is 13.4. The highest BCUT2D eigenvalue weighted by atomic mass is 32.1. The first kappa shape index (κ1) is 22.9. The third-order valence-corrected chi connectivity index (χ3v) is 6.71. The van der Waals surface area contributed by atoms with Crippen LogP contribution in [-0.4, -0.2) is 21.0 Å². The molecule has 2 aromatic heterocycles. The molecule has 0 saturated carbocycles. The molecule has 0 spiro atoms. The van der Waals surface area contributed by atoms with E-state index in [0.29, 0.717) is 5.69 Å². The summed E-state index contributed by atoms with van der Waals surface area (Å²) >= 11 is 1.60. The van der Waals surface area contributed by atoms with Crippen LogP contribution in [-0.2, 0) is 12.6 Å². The quantitative estimate of drug-likeness (QED) is 0.412. The zero-order valence-corrected chi connectivity index (χ0v) is 21.0. The molecule has 7 heteroatoms. The van der Waals surface area contributed by atoms with Crippen LogP contribution in [0.2, 0.25) is 0 Å². The first-order chi connectivity index (χ1) is 15.6. The summed E-state index contributed by atoms with van der Waals surface area (Å²) in [7, 11) is 3.56. The lowest BCUT2D eigenvalue weighted by molar-refractivity contribution is 0.392. The normalized spacial score (nSPS) is 12.4. The predicted molar refractivity (Wildman–Crippen MR) is 135 cm³/mol. The van der Waals surface area contributed by atoms with Crippen LogP contribution >= 0.6 is 11.3 Å². The maximum atomic E-state index is 13.4. The third-order valence-electron chi connectivity index (χ3n) is 5.76. The lowest BCUT2D eigenvalue weighted by Gasteiger charge is -2.24. The van der Waals surface area contributed by atoms with Crippen LogP contribution in [0.5, 0.6) is 5.75 Å². The highest BCUT2D eigenvalue weighted by Crippen LogP contribution is 2.31. The molecule has 0 radical (unpaired) electrons. The Morgan fingerprint density at radius 2 is 1.61 bits per heavy atom. The topological polar surface area (TPSA) is 53.4 Å². The van der Waals surface area contributed by atoms with Gasteiger partial charge in [-0.05, 0) is 76.6 Å². The maximum Gasteiger partial charge on any atom is 0.297 e. The van der Waals surface area contributed by atoms with Crippen molar-refractivity contribution in [3.05, 3.63) is 80.3 Å². The van der Waals surface area contributed by atoms with Gasteiger partial charge in [-0.15, -0.1) is 11.3 Å². The summed E-state index contributed by atoms with van der Waals surface area (Å²) in [6, 6.07) is 17.7. The van der Waals surface area contributed by atoms with Crippen molar-refractivity contribution >= 4 is 17.0 Å². The van der Waals surface area contributed by atoms with Crippen molar-refractivity contribution in [2.24, 2.45) is 12.0 Å². The van der Waals surface area contributed by atoms with Gasteiger partial charge in [0.1, 0.15) is 5.75 Å². The Morgan fingerprint density at radius 1 is 0.970 bits per heavy atom. The molecule has 0 aliphatic carbocycles. The molecule has 6 nitrogen and oxygen atoms in total. The average molecular weight is 463 g/mol. The minimum atomic E-state index is -0.236. The molecular weight excluding hydrogens is 432 g/mol. The van der Waals surface area contributed by atoms with Crippen LogP contribution in [0.3, 0.4) is 0 Å². The van der Waals surface area contributed by atoms with E-state index in [1.165, 1.54) is 0 Å². The van der Waals surface area contributed by atoms with Crippen molar-refractivity contribution in [2.45, 2.75) is 40.2 Å². The summed E-state index contributed by atoms with van der Waals surface area (Å²) in [6.45, 7) is 10.5. The number of ether oxygens (including phenoxy) is 1. The third kappa shape index (κ3) is 4.09. The largest absolute Gasteiger partial charge is 0.497 e. The van der Waals surface area contributed by atoms with Gasteiger partial charge in [-0.2, -0.15) is 0 Å². The van der Waals surface area contributed by atoms with E-state index in [4.69, 9.17) is 9.73 Å². The molecule has 0 unspecified atom stereocenters. The standard InChI is InChI=1S/C26H30N4O2S/c1-17-22(24(31)30(28(17)6)20-11-9-8-10-12-20)27-25-29(26(3,4)5)23(18(2)33-25)19-13-15-21(32-7)16-14-19/h8-16H,1-7H3. The fourth-order valence-corrected chi connectivity index (χ4v) is 5.21. The lowest BCUT2D eigenvalue weighted by Crippen LogP contribution is -2.32. The number of benzene rings is 2. The van der Waals surface area contributed by atoms with Crippen LogP contribution in [0.25, 0.3) is 16.9 Å². The summed E-state index contributed by atoms with van der Waals surface area (Å²) in [5, 5.41) is 0. The van der Waals surface area contributed by atoms with E-state index in [-0.39, 0.29) is 11.1 Å². The Bertz CT molecular complexity index is 1410. The first-order valence-electron chi connectivity index (χ1n) is 10.9. The van der Waals surface area contributed by atoms with Crippen molar-refractivity contribution in [2.75, 3.05) is 7.11 Å². The molecule has 0 amide bonds. The van der Waals surface area contributed by atoms with Crippen LogP contribution in [0, 0.1) is 13.8 Å². The second kappa shape index (κ2) is 8.56. The Balaban J connectivity index is 1.98. The minimum absolute atomic E-state index is 0.126. The molecule has 4 rings (SSSR count). The molecule has 0 N–H and O–H groups in total. The number of nitrogens with zero attached hydrogens (tertiary/aromatic N) is 4. The van der Waals surface area contributed by atoms with Crippen molar-refractivity contribution in [3.8, 4) is 22.7 Å². The van der Waals surface area contributed by atoms with E-state index >= 15 is 0 Å². The molecule has 2 heterocycles. The molecule has 0 aliphatic rings. The van der Waals surface area contributed by atoms with E-state index in [2.05, 4.69) is 44.4 Å². The van der Waals surface area contributed by atoms with E-state index in [1.807, 2.05) is 61.1 Å². The number of aromatic nitrogens is 3. The molecule has 4 aromatic rings. The number of para-hydroxylation sites is 1. The molecule has 0 aliphatic heterocycles. The zero-order valence-electron chi connectivity index (χ0n) is 20.2. The highest BCUT2D eigenvalue weighted by molar-refractivity contribution is 7.09. The van der Waals surface area contributed by atoms with Gasteiger partial charge in [0, 0.05) is 17.5 Å². The van der Waals surface area contributed by atoms with Gasteiger partial charge in [0.25, 0.3) is 5.56 Å². The predicted octanol–water partition coefficient (Wildman–Crippen LogP) is 5.32. The second-order valence-corrected chi connectivity index (χ2v) is 10.2.